The van der Waals surface area contributed by atoms with Crippen molar-refractivity contribution in [3.05, 3.63) is 35.8 Å². The molecule has 0 spiro atoms. The maximum Gasteiger partial charge on any atom is 0.0728 e. The molecule has 0 aromatic carbocycles. The predicted octanol–water partition coefficient (Wildman–Crippen LogP) is 1.83. The first-order valence-electron chi connectivity index (χ1n) is 5.19. The van der Waals surface area contributed by atoms with Gasteiger partial charge in [0, 0.05) is 32.4 Å². The quantitative estimate of drug-likeness (QED) is 0.731. The standard InChI is InChI=1S/C12H17N3/c1-5-10-11(14(2)3)7-6-9-8-13-15(4)12(9)10/h5,8H,1,6-7H2,2-4H3. The van der Waals surface area contributed by atoms with Gasteiger partial charge in [0.05, 0.1) is 11.9 Å². The molecule has 15 heavy (non-hydrogen) atoms. The highest BCUT2D eigenvalue weighted by atomic mass is 15.3. The predicted molar refractivity (Wildman–Crippen MR) is 62.3 cm³/mol. The summed E-state index contributed by atoms with van der Waals surface area (Å²) in [5.74, 6) is 0. The number of rotatable bonds is 2. The molecule has 3 heteroatoms. The second-order valence-electron chi connectivity index (χ2n) is 4.10. The third-order valence-corrected chi connectivity index (χ3v) is 2.96. The molecule has 0 saturated carbocycles. The van der Waals surface area contributed by atoms with Crippen LogP contribution in [0.5, 0.6) is 0 Å². The average molecular weight is 203 g/mol. The molecule has 80 valence electrons. The minimum atomic E-state index is 1.08. The minimum absolute atomic E-state index is 1.08. The topological polar surface area (TPSA) is 21.1 Å². The van der Waals surface area contributed by atoms with E-state index in [9.17, 15) is 0 Å². The van der Waals surface area contributed by atoms with Crippen LogP contribution in [0.4, 0.5) is 0 Å². The Hall–Kier alpha value is -1.51. The Balaban J connectivity index is 2.61. The summed E-state index contributed by atoms with van der Waals surface area (Å²) in [4.78, 5) is 2.17. The van der Waals surface area contributed by atoms with Gasteiger partial charge in [-0.25, -0.2) is 0 Å². The molecule has 0 fully saturated rings. The summed E-state index contributed by atoms with van der Waals surface area (Å²) in [7, 11) is 6.15. The number of aromatic nitrogens is 2. The number of hydrogen-bond acceptors (Lipinski definition) is 2. The van der Waals surface area contributed by atoms with Crippen LogP contribution in [0.3, 0.4) is 0 Å². The van der Waals surface area contributed by atoms with Crippen molar-refractivity contribution in [2.24, 2.45) is 7.05 Å². The van der Waals surface area contributed by atoms with Crippen LogP contribution in [0, 0.1) is 0 Å². The van der Waals surface area contributed by atoms with Crippen LogP contribution in [0.15, 0.2) is 24.5 Å². The first kappa shape index (κ1) is 10.0. The molecular weight excluding hydrogens is 186 g/mol. The molecule has 0 saturated heterocycles. The molecule has 3 nitrogen and oxygen atoms in total. The van der Waals surface area contributed by atoms with E-state index < -0.39 is 0 Å². The van der Waals surface area contributed by atoms with Crippen molar-refractivity contribution < 1.29 is 0 Å². The molecule has 0 unspecified atom stereocenters. The molecule has 0 radical (unpaired) electrons. The van der Waals surface area contributed by atoms with E-state index in [1.165, 1.54) is 22.5 Å². The Labute approximate surface area is 90.7 Å². The maximum absolute atomic E-state index is 4.31. The number of hydrogen-bond donors (Lipinski definition) is 0. The van der Waals surface area contributed by atoms with Crippen LogP contribution in [-0.4, -0.2) is 28.8 Å². The molecule has 2 rings (SSSR count). The fourth-order valence-electron chi connectivity index (χ4n) is 2.22. The summed E-state index contributed by atoms with van der Waals surface area (Å²) >= 11 is 0. The van der Waals surface area contributed by atoms with E-state index in [4.69, 9.17) is 0 Å². The van der Waals surface area contributed by atoms with E-state index in [2.05, 4.69) is 30.7 Å². The van der Waals surface area contributed by atoms with Gasteiger partial charge in [-0.3, -0.25) is 4.68 Å². The van der Waals surface area contributed by atoms with Crippen molar-refractivity contribution in [2.45, 2.75) is 12.8 Å². The lowest BCUT2D eigenvalue weighted by molar-refractivity contribution is 0.485. The normalized spacial score (nSPS) is 15.1. The highest BCUT2D eigenvalue weighted by Crippen LogP contribution is 2.32. The molecular formula is C12H17N3. The largest absolute Gasteiger partial charge is 0.380 e. The zero-order valence-corrected chi connectivity index (χ0v) is 9.62. The van der Waals surface area contributed by atoms with Crippen molar-refractivity contribution in [3.8, 4) is 0 Å². The third kappa shape index (κ3) is 1.48. The SMILES string of the molecule is C=CC1=C(N(C)C)CCc2cnn(C)c21. The molecule has 0 atom stereocenters. The molecule has 0 N–H and O–H groups in total. The number of allylic oxidation sites excluding steroid dienone is 3. The molecule has 1 aromatic heterocycles. The highest BCUT2D eigenvalue weighted by Gasteiger charge is 2.21. The van der Waals surface area contributed by atoms with Crippen LogP contribution in [-0.2, 0) is 13.5 Å². The Morgan fingerprint density at radius 1 is 1.47 bits per heavy atom. The van der Waals surface area contributed by atoms with E-state index in [-0.39, 0.29) is 0 Å². The van der Waals surface area contributed by atoms with Crippen molar-refractivity contribution in [3.63, 3.8) is 0 Å². The first-order valence-corrected chi connectivity index (χ1v) is 5.19. The van der Waals surface area contributed by atoms with Gasteiger partial charge in [-0.05, 0) is 18.4 Å². The second-order valence-corrected chi connectivity index (χ2v) is 4.10. The van der Waals surface area contributed by atoms with Crippen molar-refractivity contribution >= 4 is 5.57 Å². The van der Waals surface area contributed by atoms with Crippen molar-refractivity contribution in [1.29, 1.82) is 0 Å². The van der Waals surface area contributed by atoms with Gasteiger partial charge >= 0.3 is 0 Å². The zero-order chi connectivity index (χ0) is 11.0. The Morgan fingerprint density at radius 3 is 2.80 bits per heavy atom. The summed E-state index contributed by atoms with van der Waals surface area (Å²) in [5, 5.41) is 4.31. The van der Waals surface area contributed by atoms with Crippen LogP contribution in [0.1, 0.15) is 17.7 Å². The lowest BCUT2D eigenvalue weighted by Crippen LogP contribution is -2.18. The van der Waals surface area contributed by atoms with Gasteiger partial charge in [-0.15, -0.1) is 0 Å². The summed E-state index contributed by atoms with van der Waals surface area (Å²) in [6, 6.07) is 0. The van der Waals surface area contributed by atoms with Gasteiger partial charge in [-0.1, -0.05) is 12.7 Å². The minimum Gasteiger partial charge on any atom is -0.380 e. The molecule has 1 heterocycles. The summed E-state index contributed by atoms with van der Waals surface area (Å²) in [6.07, 6.45) is 6.06. The molecule has 1 aliphatic rings. The van der Waals surface area contributed by atoms with Crippen molar-refractivity contribution in [2.75, 3.05) is 14.1 Å². The summed E-state index contributed by atoms with van der Waals surface area (Å²) < 4.78 is 1.94. The number of fused-ring (bicyclic) bond motifs is 1. The van der Waals surface area contributed by atoms with Gasteiger partial charge in [0.25, 0.3) is 0 Å². The summed E-state index contributed by atoms with van der Waals surface area (Å²) in [6.45, 7) is 3.91. The van der Waals surface area contributed by atoms with Crippen molar-refractivity contribution in [1.82, 2.24) is 14.7 Å². The van der Waals surface area contributed by atoms with E-state index in [0.29, 0.717) is 0 Å². The molecule has 0 amide bonds. The smallest absolute Gasteiger partial charge is 0.0728 e. The van der Waals surface area contributed by atoms with Crippen LogP contribution >= 0.6 is 0 Å². The van der Waals surface area contributed by atoms with E-state index in [0.717, 1.165) is 12.8 Å². The maximum atomic E-state index is 4.31. The Bertz CT molecular complexity index is 424. The number of nitrogens with zero attached hydrogens (tertiary/aromatic N) is 3. The monoisotopic (exact) mass is 203 g/mol. The highest BCUT2D eigenvalue weighted by molar-refractivity contribution is 5.77. The van der Waals surface area contributed by atoms with Gasteiger partial charge in [0.15, 0.2) is 0 Å². The lowest BCUT2D eigenvalue weighted by atomic mass is 9.94. The van der Waals surface area contributed by atoms with Gasteiger partial charge < -0.3 is 4.90 Å². The van der Waals surface area contributed by atoms with Gasteiger partial charge in [0.2, 0.25) is 0 Å². The molecule has 1 aromatic rings. The second kappa shape index (κ2) is 3.57. The lowest BCUT2D eigenvalue weighted by Gasteiger charge is -2.25. The molecule has 0 bridgehead atoms. The van der Waals surface area contributed by atoms with E-state index >= 15 is 0 Å². The fourth-order valence-corrected chi connectivity index (χ4v) is 2.22. The van der Waals surface area contributed by atoms with Gasteiger partial charge in [-0.2, -0.15) is 5.10 Å². The van der Waals surface area contributed by atoms with Crippen LogP contribution < -0.4 is 0 Å². The Morgan fingerprint density at radius 2 is 2.20 bits per heavy atom. The third-order valence-electron chi connectivity index (χ3n) is 2.96. The Kier molecular flexibility index (Phi) is 2.39. The molecule has 1 aliphatic carbocycles. The van der Waals surface area contributed by atoms with Gasteiger partial charge in [0.1, 0.15) is 0 Å². The van der Waals surface area contributed by atoms with E-state index in [1.807, 2.05) is 24.0 Å². The summed E-state index contributed by atoms with van der Waals surface area (Å²) in [5.41, 5.74) is 5.13. The van der Waals surface area contributed by atoms with Crippen LogP contribution in [0.2, 0.25) is 0 Å². The molecule has 0 aliphatic heterocycles. The first-order chi connectivity index (χ1) is 7.15. The number of aryl methyl sites for hydroxylation is 2. The fraction of sp³-hybridized carbons (Fsp3) is 0.417. The zero-order valence-electron chi connectivity index (χ0n) is 9.62. The van der Waals surface area contributed by atoms with Crippen LogP contribution in [0.25, 0.3) is 5.57 Å². The van der Waals surface area contributed by atoms with E-state index in [1.54, 1.807) is 0 Å². The average Bonchev–Trinajstić information content (AvgIpc) is 2.59.